The summed E-state index contributed by atoms with van der Waals surface area (Å²) in [4.78, 5) is 4.12. The van der Waals surface area contributed by atoms with Crippen LogP contribution in [0.3, 0.4) is 0 Å². The van der Waals surface area contributed by atoms with Crippen LogP contribution in [0.25, 0.3) is 0 Å². The van der Waals surface area contributed by atoms with Gasteiger partial charge in [0.05, 0.1) is 11.9 Å². The van der Waals surface area contributed by atoms with Crippen molar-refractivity contribution in [3.05, 3.63) is 35.8 Å². The van der Waals surface area contributed by atoms with Gasteiger partial charge in [-0.25, -0.2) is 13.4 Å². The van der Waals surface area contributed by atoms with Crippen LogP contribution in [0.2, 0.25) is 0 Å². The lowest BCUT2D eigenvalue weighted by Crippen LogP contribution is -2.12. The van der Waals surface area contributed by atoms with Gasteiger partial charge in [0.25, 0.3) is 10.0 Å². The molecule has 114 valence electrons. The van der Waals surface area contributed by atoms with E-state index in [1.807, 2.05) is 6.07 Å². The van der Waals surface area contributed by atoms with Gasteiger partial charge in [0.15, 0.2) is 0 Å². The van der Waals surface area contributed by atoms with E-state index in [2.05, 4.69) is 28.9 Å². The molecule has 0 amide bonds. The molecule has 21 heavy (non-hydrogen) atoms. The summed E-state index contributed by atoms with van der Waals surface area (Å²) in [6.07, 6.45) is 2.71. The Morgan fingerprint density at radius 2 is 2.10 bits per heavy atom. The van der Waals surface area contributed by atoms with E-state index in [9.17, 15) is 8.42 Å². The maximum absolute atomic E-state index is 12.0. The van der Waals surface area contributed by atoms with Crippen molar-refractivity contribution < 1.29 is 8.42 Å². The first kappa shape index (κ1) is 15.8. The highest BCUT2D eigenvalue weighted by Gasteiger charge is 2.15. The van der Waals surface area contributed by atoms with Crippen molar-refractivity contribution in [3.8, 4) is 0 Å². The third-order valence-corrected chi connectivity index (χ3v) is 5.57. The number of pyridine rings is 1. The number of anilines is 2. The van der Waals surface area contributed by atoms with Crippen LogP contribution in [0, 0.1) is 5.92 Å². The zero-order valence-corrected chi connectivity index (χ0v) is 13.7. The third kappa shape index (κ3) is 4.71. The van der Waals surface area contributed by atoms with E-state index in [0.717, 1.165) is 18.7 Å². The summed E-state index contributed by atoms with van der Waals surface area (Å²) in [5.74, 6) is 0.958. The van der Waals surface area contributed by atoms with E-state index >= 15 is 0 Å². The number of aromatic nitrogens is 1. The van der Waals surface area contributed by atoms with Gasteiger partial charge >= 0.3 is 0 Å². The Morgan fingerprint density at radius 1 is 1.29 bits per heavy atom. The molecule has 0 saturated heterocycles. The third-order valence-electron chi connectivity index (χ3n) is 2.81. The number of nitrogens with zero attached hydrogens (tertiary/aromatic N) is 1. The van der Waals surface area contributed by atoms with E-state index in [-0.39, 0.29) is 4.21 Å². The molecule has 2 N–H and O–H groups in total. The predicted molar refractivity (Wildman–Crippen MR) is 87.3 cm³/mol. The van der Waals surface area contributed by atoms with Gasteiger partial charge in [0.1, 0.15) is 10.0 Å². The molecular formula is C14H19N3O2S2. The lowest BCUT2D eigenvalue weighted by molar-refractivity contribution is 0.603. The number of hydrogen-bond acceptors (Lipinski definition) is 5. The zero-order valence-electron chi connectivity index (χ0n) is 12.0. The summed E-state index contributed by atoms with van der Waals surface area (Å²) >= 11 is 1.18. The fraction of sp³-hybridized carbons (Fsp3) is 0.357. The first-order valence-electron chi connectivity index (χ1n) is 6.73. The molecule has 0 atom stereocenters. The molecular weight excluding hydrogens is 306 g/mol. The molecule has 0 unspecified atom stereocenters. The number of sulfonamides is 1. The van der Waals surface area contributed by atoms with Crippen molar-refractivity contribution in [1.82, 2.24) is 4.98 Å². The average Bonchev–Trinajstić information content (AvgIpc) is 2.95. The zero-order chi connectivity index (χ0) is 15.3. The summed E-state index contributed by atoms with van der Waals surface area (Å²) in [6.45, 7) is 5.21. The van der Waals surface area contributed by atoms with Gasteiger partial charge in [0.2, 0.25) is 0 Å². The number of nitrogens with one attached hydrogen (secondary N) is 2. The molecule has 0 aromatic carbocycles. The molecule has 0 aliphatic rings. The summed E-state index contributed by atoms with van der Waals surface area (Å²) in [7, 11) is -3.53. The van der Waals surface area contributed by atoms with Crippen molar-refractivity contribution in [2.24, 2.45) is 5.92 Å². The largest absolute Gasteiger partial charge is 0.384 e. The first-order chi connectivity index (χ1) is 9.97. The quantitative estimate of drug-likeness (QED) is 0.818. The molecule has 5 nitrogen and oxygen atoms in total. The molecule has 0 aliphatic carbocycles. The molecule has 0 radical (unpaired) electrons. The Labute approximate surface area is 129 Å². The molecule has 7 heteroatoms. The highest BCUT2D eigenvalue weighted by atomic mass is 32.2. The highest BCUT2D eigenvalue weighted by Crippen LogP contribution is 2.19. The summed E-state index contributed by atoms with van der Waals surface area (Å²) in [5.41, 5.74) is 0.884. The minimum Gasteiger partial charge on any atom is -0.384 e. The second-order valence-corrected chi connectivity index (χ2v) is 7.94. The van der Waals surface area contributed by atoms with Crippen molar-refractivity contribution in [2.75, 3.05) is 16.6 Å². The molecule has 2 rings (SSSR count). The summed E-state index contributed by atoms with van der Waals surface area (Å²) in [6, 6.07) is 6.74. The molecule has 0 saturated carbocycles. The highest BCUT2D eigenvalue weighted by molar-refractivity contribution is 7.94. The van der Waals surface area contributed by atoms with Crippen LogP contribution in [-0.2, 0) is 10.0 Å². The van der Waals surface area contributed by atoms with Gasteiger partial charge in [-0.2, -0.15) is 0 Å². The lowest BCUT2D eigenvalue weighted by atomic mass is 10.1. The van der Waals surface area contributed by atoms with Gasteiger partial charge in [-0.05, 0) is 35.9 Å². The van der Waals surface area contributed by atoms with Crippen LogP contribution in [0.5, 0.6) is 0 Å². The Kier molecular flexibility index (Phi) is 5.19. The van der Waals surface area contributed by atoms with Crippen LogP contribution in [0.15, 0.2) is 40.1 Å². The Morgan fingerprint density at radius 3 is 2.67 bits per heavy atom. The fourth-order valence-corrected chi connectivity index (χ4v) is 3.67. The second-order valence-electron chi connectivity index (χ2n) is 5.08. The normalized spacial score (nSPS) is 11.6. The van der Waals surface area contributed by atoms with Crippen molar-refractivity contribution in [1.29, 1.82) is 0 Å². The van der Waals surface area contributed by atoms with Crippen molar-refractivity contribution in [2.45, 2.75) is 24.5 Å². The van der Waals surface area contributed by atoms with Crippen LogP contribution >= 0.6 is 11.3 Å². The van der Waals surface area contributed by atoms with Crippen LogP contribution < -0.4 is 10.0 Å². The van der Waals surface area contributed by atoms with E-state index in [1.54, 1.807) is 29.8 Å². The second kappa shape index (κ2) is 6.91. The molecule has 2 heterocycles. The predicted octanol–water partition coefficient (Wildman–Crippen LogP) is 3.40. The van der Waals surface area contributed by atoms with Crippen LogP contribution in [0.4, 0.5) is 11.5 Å². The minimum absolute atomic E-state index is 0.281. The van der Waals surface area contributed by atoms with Crippen LogP contribution in [0.1, 0.15) is 20.3 Å². The summed E-state index contributed by atoms with van der Waals surface area (Å²) < 4.78 is 26.8. The van der Waals surface area contributed by atoms with E-state index in [4.69, 9.17) is 0 Å². The number of rotatable bonds is 7. The molecule has 2 aromatic heterocycles. The number of hydrogen-bond donors (Lipinski definition) is 2. The smallest absolute Gasteiger partial charge is 0.272 e. The molecule has 0 spiro atoms. The van der Waals surface area contributed by atoms with E-state index in [0.29, 0.717) is 11.7 Å². The molecule has 2 aromatic rings. The topological polar surface area (TPSA) is 71.1 Å². The maximum Gasteiger partial charge on any atom is 0.272 e. The Hall–Kier alpha value is -1.60. The van der Waals surface area contributed by atoms with E-state index in [1.165, 1.54) is 11.3 Å². The Bertz CT molecular complexity index is 650. The monoisotopic (exact) mass is 325 g/mol. The SMILES string of the molecule is CC(C)CCNc1ccc(NS(=O)(=O)c2cccs2)nc1. The van der Waals surface area contributed by atoms with Gasteiger partial charge in [0, 0.05) is 6.54 Å². The van der Waals surface area contributed by atoms with Crippen molar-refractivity contribution >= 4 is 32.9 Å². The molecule has 0 aliphatic heterocycles. The molecule has 0 fully saturated rings. The first-order valence-corrected chi connectivity index (χ1v) is 9.10. The van der Waals surface area contributed by atoms with Crippen molar-refractivity contribution in [3.63, 3.8) is 0 Å². The average molecular weight is 325 g/mol. The fourth-order valence-electron chi connectivity index (χ4n) is 1.67. The lowest BCUT2D eigenvalue weighted by Gasteiger charge is -2.09. The van der Waals surface area contributed by atoms with E-state index < -0.39 is 10.0 Å². The van der Waals surface area contributed by atoms with Gasteiger partial charge in [-0.15, -0.1) is 11.3 Å². The van der Waals surface area contributed by atoms with Crippen LogP contribution in [-0.4, -0.2) is 19.9 Å². The summed E-state index contributed by atoms with van der Waals surface area (Å²) in [5, 5.41) is 4.98. The minimum atomic E-state index is -3.53. The Balaban J connectivity index is 1.96. The number of thiophene rings is 1. The molecule has 0 bridgehead atoms. The standard InChI is InChI=1S/C14H19N3O2S2/c1-11(2)7-8-15-12-5-6-13(16-10-12)17-21(18,19)14-4-3-9-20-14/h3-6,9-11,15H,7-8H2,1-2H3,(H,16,17). The van der Waals surface area contributed by atoms with Gasteiger partial charge in [-0.1, -0.05) is 19.9 Å². The maximum atomic E-state index is 12.0. The van der Waals surface area contributed by atoms with Gasteiger partial charge in [-0.3, -0.25) is 4.72 Å². The van der Waals surface area contributed by atoms with Gasteiger partial charge < -0.3 is 5.32 Å².